The smallest absolute Gasteiger partial charge is 0.137 e. The van der Waals surface area contributed by atoms with Crippen LogP contribution in [-0.2, 0) is 6.54 Å². The first-order valence-electron chi connectivity index (χ1n) is 14.8. The van der Waals surface area contributed by atoms with Crippen molar-refractivity contribution in [2.75, 3.05) is 10.2 Å². The Hall–Kier alpha value is -5.52. The van der Waals surface area contributed by atoms with Gasteiger partial charge in [0.25, 0.3) is 0 Å². The van der Waals surface area contributed by atoms with Crippen LogP contribution in [0.3, 0.4) is 0 Å². The van der Waals surface area contributed by atoms with Crippen molar-refractivity contribution in [2.45, 2.75) is 6.54 Å². The Labute approximate surface area is 256 Å². The monoisotopic (exact) mass is 584 g/mol. The number of fused-ring (bicyclic) bond motifs is 11. The number of nitrogens with zero attached hydrogens (tertiary/aromatic N) is 1. The summed E-state index contributed by atoms with van der Waals surface area (Å²) in [6.07, 6.45) is 0. The molecule has 4 heterocycles. The van der Waals surface area contributed by atoms with E-state index in [0.717, 1.165) is 67.5 Å². The maximum Gasteiger partial charge on any atom is 0.137 e. The number of para-hydroxylation sites is 3. The van der Waals surface area contributed by atoms with Gasteiger partial charge < -0.3 is 19.1 Å². The first-order valence-corrected chi connectivity index (χ1v) is 15.6. The minimum Gasteiger partial charge on any atom is -0.456 e. The molecule has 0 saturated heterocycles. The number of rotatable bonds is 3. The highest BCUT2D eigenvalue weighted by atomic mass is 32.1. The Kier molecular flexibility index (Phi) is 4.90. The average molecular weight is 585 g/mol. The van der Waals surface area contributed by atoms with Crippen LogP contribution in [-0.4, -0.2) is 0 Å². The summed E-state index contributed by atoms with van der Waals surface area (Å²) in [5.41, 5.74) is 10.5. The Balaban J connectivity index is 1.19. The van der Waals surface area contributed by atoms with Gasteiger partial charge in [0, 0.05) is 82.5 Å². The Morgan fingerprint density at radius 3 is 1.75 bits per heavy atom. The second-order valence-electron chi connectivity index (χ2n) is 11.4. The number of thiophene rings is 1. The summed E-state index contributed by atoms with van der Waals surface area (Å²) in [6, 6.07) is 45.0. The molecule has 10 rings (SSSR count). The second kappa shape index (κ2) is 8.99. The maximum absolute atomic E-state index is 6.33. The van der Waals surface area contributed by atoms with Crippen molar-refractivity contribution in [2.24, 2.45) is 0 Å². The van der Waals surface area contributed by atoms with Crippen molar-refractivity contribution in [1.82, 2.24) is 0 Å². The van der Waals surface area contributed by atoms with Gasteiger partial charge in [0.2, 0.25) is 0 Å². The number of anilines is 4. The average Bonchev–Trinajstić information content (AvgIpc) is 3.75. The van der Waals surface area contributed by atoms with Gasteiger partial charge in [0.1, 0.15) is 22.3 Å². The third kappa shape index (κ3) is 3.44. The lowest BCUT2D eigenvalue weighted by molar-refractivity contribution is 0.669. The number of nitrogens with one attached hydrogen (secondary N) is 1. The summed E-state index contributed by atoms with van der Waals surface area (Å²) in [7, 11) is 0. The second-order valence-corrected chi connectivity index (χ2v) is 12.5. The third-order valence-electron chi connectivity index (χ3n) is 8.88. The van der Waals surface area contributed by atoms with Gasteiger partial charge in [-0.25, -0.2) is 0 Å². The van der Waals surface area contributed by atoms with Crippen LogP contribution in [0.25, 0.3) is 65.1 Å². The van der Waals surface area contributed by atoms with E-state index in [4.69, 9.17) is 8.83 Å². The van der Waals surface area contributed by atoms with E-state index < -0.39 is 0 Å². The molecule has 0 unspecified atom stereocenters. The molecule has 9 aromatic rings. The Bertz CT molecular complexity index is 2470. The lowest BCUT2D eigenvalue weighted by Crippen LogP contribution is -2.09. The largest absolute Gasteiger partial charge is 0.456 e. The lowest BCUT2D eigenvalue weighted by atomic mass is 9.97. The van der Waals surface area contributed by atoms with Gasteiger partial charge in [-0.2, -0.15) is 0 Å². The van der Waals surface area contributed by atoms with Gasteiger partial charge >= 0.3 is 0 Å². The minimum atomic E-state index is 0.843. The SMILES string of the molecule is c1ccc2c(c1)NCc1sc3cc(N(c4ccc5c(c4)oc4ccccc45)c4ccc5c(c4)oc4ccccc45)ccc3c1-2. The van der Waals surface area contributed by atoms with Crippen LogP contribution in [0.5, 0.6) is 0 Å². The fourth-order valence-electron chi connectivity index (χ4n) is 6.88. The molecule has 0 amide bonds. The zero-order valence-electron chi connectivity index (χ0n) is 23.5. The van der Waals surface area contributed by atoms with E-state index in [1.807, 2.05) is 35.6 Å². The summed E-state index contributed by atoms with van der Waals surface area (Å²) in [5.74, 6) is 0. The molecule has 1 aliphatic rings. The van der Waals surface area contributed by atoms with Gasteiger partial charge in [-0.3, -0.25) is 0 Å². The molecule has 0 atom stereocenters. The molecule has 5 heteroatoms. The van der Waals surface area contributed by atoms with E-state index >= 15 is 0 Å². The molecule has 208 valence electrons. The van der Waals surface area contributed by atoms with Crippen molar-refractivity contribution in [3.05, 3.63) is 132 Å². The third-order valence-corrected chi connectivity index (χ3v) is 10.0. The van der Waals surface area contributed by atoms with E-state index in [0.29, 0.717) is 0 Å². The van der Waals surface area contributed by atoms with Crippen molar-refractivity contribution >= 4 is 88.0 Å². The summed E-state index contributed by atoms with van der Waals surface area (Å²) in [6.45, 7) is 0.843. The first-order chi connectivity index (χ1) is 21.8. The van der Waals surface area contributed by atoms with Crippen LogP contribution in [0, 0.1) is 0 Å². The van der Waals surface area contributed by atoms with Gasteiger partial charge in [0.05, 0.1) is 6.54 Å². The molecule has 1 aliphatic heterocycles. The van der Waals surface area contributed by atoms with Crippen LogP contribution in [0.15, 0.2) is 136 Å². The molecule has 0 radical (unpaired) electrons. The number of hydrogen-bond acceptors (Lipinski definition) is 5. The highest BCUT2D eigenvalue weighted by Gasteiger charge is 2.23. The predicted octanol–water partition coefficient (Wildman–Crippen LogP) is 11.8. The summed E-state index contributed by atoms with van der Waals surface area (Å²) in [4.78, 5) is 3.68. The van der Waals surface area contributed by atoms with E-state index in [1.165, 1.54) is 31.8 Å². The predicted molar refractivity (Wildman–Crippen MR) is 184 cm³/mol. The quantitative estimate of drug-likeness (QED) is 0.224. The van der Waals surface area contributed by atoms with Crippen LogP contribution < -0.4 is 10.2 Å². The molecule has 0 fully saturated rings. The van der Waals surface area contributed by atoms with Gasteiger partial charge in [-0.1, -0.05) is 60.7 Å². The Morgan fingerprint density at radius 2 is 1.07 bits per heavy atom. The van der Waals surface area contributed by atoms with Crippen LogP contribution >= 0.6 is 11.3 Å². The molecule has 44 heavy (non-hydrogen) atoms. The molecule has 3 aromatic heterocycles. The maximum atomic E-state index is 6.33. The molecule has 0 saturated carbocycles. The van der Waals surface area contributed by atoms with Crippen LogP contribution in [0.1, 0.15) is 4.88 Å². The fourth-order valence-corrected chi connectivity index (χ4v) is 8.07. The van der Waals surface area contributed by atoms with Crippen molar-refractivity contribution in [3.63, 3.8) is 0 Å². The van der Waals surface area contributed by atoms with Gasteiger partial charge in [-0.05, 0) is 54.6 Å². The van der Waals surface area contributed by atoms with Gasteiger partial charge in [-0.15, -0.1) is 11.3 Å². The summed E-state index contributed by atoms with van der Waals surface area (Å²) in [5, 5.41) is 9.39. The minimum absolute atomic E-state index is 0.843. The molecule has 4 nitrogen and oxygen atoms in total. The molecular weight excluding hydrogens is 561 g/mol. The molecule has 0 bridgehead atoms. The highest BCUT2D eigenvalue weighted by Crippen LogP contribution is 2.47. The number of furan rings is 2. The molecule has 6 aromatic carbocycles. The van der Waals surface area contributed by atoms with Crippen LogP contribution in [0.2, 0.25) is 0 Å². The topological polar surface area (TPSA) is 41.5 Å². The highest BCUT2D eigenvalue weighted by molar-refractivity contribution is 7.19. The Morgan fingerprint density at radius 1 is 0.523 bits per heavy atom. The summed E-state index contributed by atoms with van der Waals surface area (Å²) < 4.78 is 13.9. The summed E-state index contributed by atoms with van der Waals surface area (Å²) >= 11 is 1.87. The zero-order chi connectivity index (χ0) is 28.8. The van der Waals surface area contributed by atoms with E-state index in [9.17, 15) is 0 Å². The number of benzene rings is 6. The molecule has 1 N–H and O–H groups in total. The molecule has 0 aliphatic carbocycles. The number of hydrogen-bond donors (Lipinski definition) is 1. The van der Waals surface area contributed by atoms with Crippen molar-refractivity contribution in [1.29, 1.82) is 0 Å². The van der Waals surface area contributed by atoms with E-state index in [2.05, 4.69) is 113 Å². The first kappa shape index (κ1) is 24.0. The fraction of sp³-hybridized carbons (Fsp3) is 0.0256. The molecular formula is C39H24N2O2S. The van der Waals surface area contributed by atoms with Gasteiger partial charge in [0.15, 0.2) is 0 Å². The normalized spacial score (nSPS) is 12.6. The van der Waals surface area contributed by atoms with Crippen molar-refractivity contribution < 1.29 is 8.83 Å². The van der Waals surface area contributed by atoms with E-state index in [1.54, 1.807) is 0 Å². The van der Waals surface area contributed by atoms with Crippen molar-refractivity contribution in [3.8, 4) is 11.1 Å². The van der Waals surface area contributed by atoms with Crippen LogP contribution in [0.4, 0.5) is 22.7 Å². The zero-order valence-corrected chi connectivity index (χ0v) is 24.3. The van der Waals surface area contributed by atoms with E-state index in [-0.39, 0.29) is 0 Å². The molecule has 0 spiro atoms. The lowest BCUT2D eigenvalue weighted by Gasteiger charge is -2.25. The standard InChI is InChI=1S/C39H24N2O2S/c1-4-10-32-30(9-1)39-31-18-15-25(21-37(31)44-38(39)22-40-32)41(23-13-16-28-26-7-2-5-11-33(26)42-35(28)19-23)24-14-17-29-27-8-3-6-12-34(27)43-36(29)20-24/h1-21,40H,22H2.